The van der Waals surface area contributed by atoms with Crippen molar-refractivity contribution in [3.63, 3.8) is 0 Å². The maximum atomic E-state index is 12.9. The third-order valence-corrected chi connectivity index (χ3v) is 4.70. The van der Waals surface area contributed by atoms with Crippen LogP contribution in [0.1, 0.15) is 28.4 Å². The number of ether oxygens (including phenoxy) is 1. The number of esters is 1. The van der Waals surface area contributed by atoms with E-state index in [0.29, 0.717) is 11.1 Å². The number of primary sulfonamides is 1. The van der Waals surface area contributed by atoms with Crippen LogP contribution in [0, 0.1) is 12.7 Å². The van der Waals surface area contributed by atoms with Crippen LogP contribution < -0.4 is 10.5 Å². The molecule has 1 atom stereocenters. The van der Waals surface area contributed by atoms with Gasteiger partial charge < -0.3 is 10.1 Å². The van der Waals surface area contributed by atoms with Crippen LogP contribution in [-0.2, 0) is 26.1 Å². The van der Waals surface area contributed by atoms with Gasteiger partial charge in [0.1, 0.15) is 5.82 Å². The number of nitrogens with two attached hydrogens (primary N) is 1. The smallest absolute Gasteiger partial charge is 0.339 e. The first-order chi connectivity index (χ1) is 12.6. The van der Waals surface area contributed by atoms with E-state index in [-0.39, 0.29) is 22.8 Å². The van der Waals surface area contributed by atoms with E-state index in [0.717, 1.165) is 6.07 Å². The van der Waals surface area contributed by atoms with Crippen LogP contribution in [0.3, 0.4) is 0 Å². The minimum absolute atomic E-state index is 0.000269. The average Bonchev–Trinajstić information content (AvgIpc) is 2.60. The molecule has 0 aliphatic rings. The molecule has 27 heavy (non-hydrogen) atoms. The molecule has 1 amide bonds. The minimum Gasteiger partial charge on any atom is -0.449 e. The molecule has 3 N–H and O–H groups in total. The van der Waals surface area contributed by atoms with E-state index < -0.39 is 28.0 Å². The zero-order valence-corrected chi connectivity index (χ0v) is 15.5. The second kappa shape index (κ2) is 8.28. The normalized spacial score (nSPS) is 12.3. The number of carbonyl (C=O) groups is 2. The number of aryl methyl sites for hydroxylation is 1. The molecule has 0 saturated carbocycles. The van der Waals surface area contributed by atoms with Gasteiger partial charge in [0.15, 0.2) is 6.10 Å². The van der Waals surface area contributed by atoms with E-state index in [1.807, 2.05) is 0 Å². The Labute approximate surface area is 156 Å². The van der Waals surface area contributed by atoms with Crippen LogP contribution in [0.5, 0.6) is 0 Å². The molecular formula is C18H19FN2O5S. The highest BCUT2D eigenvalue weighted by Gasteiger charge is 2.21. The zero-order valence-electron chi connectivity index (χ0n) is 14.7. The van der Waals surface area contributed by atoms with E-state index in [2.05, 4.69) is 5.32 Å². The Balaban J connectivity index is 2.02. The summed E-state index contributed by atoms with van der Waals surface area (Å²) in [6, 6.07) is 9.40. The highest BCUT2D eigenvalue weighted by atomic mass is 32.2. The van der Waals surface area contributed by atoms with Gasteiger partial charge in [0.25, 0.3) is 5.91 Å². The molecule has 0 radical (unpaired) electrons. The Morgan fingerprint density at radius 3 is 2.41 bits per heavy atom. The van der Waals surface area contributed by atoms with Crippen LogP contribution in [0.15, 0.2) is 47.4 Å². The first-order valence-electron chi connectivity index (χ1n) is 7.94. The van der Waals surface area contributed by atoms with Crippen molar-refractivity contribution in [3.8, 4) is 0 Å². The van der Waals surface area contributed by atoms with Gasteiger partial charge in [-0.25, -0.2) is 22.7 Å². The molecule has 144 valence electrons. The van der Waals surface area contributed by atoms with E-state index in [1.165, 1.54) is 43.3 Å². The second-order valence-corrected chi connectivity index (χ2v) is 7.47. The second-order valence-electron chi connectivity index (χ2n) is 5.91. The topological polar surface area (TPSA) is 116 Å². The molecule has 1 unspecified atom stereocenters. The van der Waals surface area contributed by atoms with Crippen LogP contribution in [-0.4, -0.2) is 26.4 Å². The average molecular weight is 394 g/mol. The quantitative estimate of drug-likeness (QED) is 0.723. The summed E-state index contributed by atoms with van der Waals surface area (Å²) < 4.78 is 40.8. The van der Waals surface area contributed by atoms with Gasteiger partial charge in [-0.2, -0.15) is 0 Å². The first kappa shape index (κ1) is 20.5. The van der Waals surface area contributed by atoms with Gasteiger partial charge in [0.2, 0.25) is 10.0 Å². The molecule has 0 heterocycles. The molecule has 0 aromatic heterocycles. The molecule has 7 nitrogen and oxygen atoms in total. The van der Waals surface area contributed by atoms with Crippen molar-refractivity contribution in [1.29, 1.82) is 0 Å². The van der Waals surface area contributed by atoms with Gasteiger partial charge in [-0.05, 0) is 49.2 Å². The summed E-state index contributed by atoms with van der Waals surface area (Å²) in [5.74, 6) is -1.78. The van der Waals surface area contributed by atoms with E-state index in [1.54, 1.807) is 6.92 Å². The summed E-state index contributed by atoms with van der Waals surface area (Å²) in [5, 5.41) is 7.63. The molecule has 2 rings (SSSR count). The number of halogens is 1. The lowest BCUT2D eigenvalue weighted by molar-refractivity contribution is -0.129. The van der Waals surface area contributed by atoms with Crippen LogP contribution in [0.2, 0.25) is 0 Å². The Kier molecular flexibility index (Phi) is 6.29. The van der Waals surface area contributed by atoms with Crippen molar-refractivity contribution in [2.24, 2.45) is 5.14 Å². The molecular weight excluding hydrogens is 375 g/mol. The van der Waals surface area contributed by atoms with E-state index in [4.69, 9.17) is 9.88 Å². The maximum absolute atomic E-state index is 12.9. The van der Waals surface area contributed by atoms with Gasteiger partial charge in [-0.1, -0.05) is 18.2 Å². The number of amides is 1. The lowest BCUT2D eigenvalue weighted by Crippen LogP contribution is -2.35. The Hall–Kier alpha value is -2.78. The molecule has 2 aromatic rings. The predicted octanol–water partition coefficient (Wildman–Crippen LogP) is 1.64. The predicted molar refractivity (Wildman–Crippen MR) is 95.7 cm³/mol. The van der Waals surface area contributed by atoms with E-state index >= 15 is 0 Å². The monoisotopic (exact) mass is 394 g/mol. The molecule has 0 aliphatic heterocycles. The van der Waals surface area contributed by atoms with Crippen molar-refractivity contribution < 1.29 is 27.1 Å². The third-order valence-electron chi connectivity index (χ3n) is 3.79. The summed E-state index contributed by atoms with van der Waals surface area (Å²) in [5.41, 5.74) is 1.16. The Morgan fingerprint density at radius 2 is 1.81 bits per heavy atom. The van der Waals surface area contributed by atoms with Crippen molar-refractivity contribution in [3.05, 3.63) is 65.0 Å². The molecule has 0 spiro atoms. The first-order valence-corrected chi connectivity index (χ1v) is 9.49. The molecule has 0 bridgehead atoms. The fourth-order valence-corrected chi connectivity index (χ4v) is 2.75. The standard InChI is InChI=1S/C18H19FN2O5S/c1-11-3-8-15(27(20,24)25)9-16(11)18(23)26-12(2)17(22)21-10-13-4-6-14(19)7-5-13/h3-9,12H,10H2,1-2H3,(H,21,22)(H2,20,24,25). The number of sulfonamides is 1. The largest absolute Gasteiger partial charge is 0.449 e. The van der Waals surface area contributed by atoms with Crippen LogP contribution in [0.25, 0.3) is 0 Å². The van der Waals surface area contributed by atoms with Crippen LogP contribution >= 0.6 is 0 Å². The molecule has 0 fully saturated rings. The summed E-state index contributed by atoms with van der Waals surface area (Å²) in [4.78, 5) is 24.1. The summed E-state index contributed by atoms with van der Waals surface area (Å²) >= 11 is 0. The SMILES string of the molecule is Cc1ccc(S(N)(=O)=O)cc1C(=O)OC(C)C(=O)NCc1ccc(F)cc1. The Bertz CT molecular complexity index is 958. The van der Waals surface area contributed by atoms with Gasteiger partial charge in [-0.3, -0.25) is 4.79 Å². The van der Waals surface area contributed by atoms with Crippen molar-refractivity contribution in [2.75, 3.05) is 0 Å². The number of benzene rings is 2. The highest BCUT2D eigenvalue weighted by Crippen LogP contribution is 2.16. The number of carbonyl (C=O) groups excluding carboxylic acids is 2. The molecule has 0 aliphatic carbocycles. The van der Waals surface area contributed by atoms with Gasteiger partial charge >= 0.3 is 5.97 Å². The lowest BCUT2D eigenvalue weighted by Gasteiger charge is -2.15. The van der Waals surface area contributed by atoms with Gasteiger partial charge in [0, 0.05) is 6.54 Å². The zero-order chi connectivity index (χ0) is 20.2. The number of rotatable bonds is 6. The molecule has 9 heteroatoms. The maximum Gasteiger partial charge on any atom is 0.339 e. The summed E-state index contributed by atoms with van der Waals surface area (Å²) in [6.07, 6.45) is -1.12. The minimum atomic E-state index is -3.98. The summed E-state index contributed by atoms with van der Waals surface area (Å²) in [6.45, 7) is 3.13. The van der Waals surface area contributed by atoms with Crippen molar-refractivity contribution in [2.45, 2.75) is 31.4 Å². The molecule has 2 aromatic carbocycles. The number of hydrogen-bond acceptors (Lipinski definition) is 5. The third kappa shape index (κ3) is 5.60. The Morgan fingerprint density at radius 1 is 1.19 bits per heavy atom. The number of nitrogens with one attached hydrogen (secondary N) is 1. The fourth-order valence-electron chi connectivity index (χ4n) is 2.21. The lowest BCUT2D eigenvalue weighted by atomic mass is 10.1. The highest BCUT2D eigenvalue weighted by molar-refractivity contribution is 7.89. The molecule has 0 saturated heterocycles. The van der Waals surface area contributed by atoms with Gasteiger partial charge in [-0.15, -0.1) is 0 Å². The van der Waals surface area contributed by atoms with Crippen molar-refractivity contribution in [1.82, 2.24) is 5.32 Å². The number of hydrogen-bond donors (Lipinski definition) is 2. The fraction of sp³-hybridized carbons (Fsp3) is 0.222. The van der Waals surface area contributed by atoms with Crippen molar-refractivity contribution >= 4 is 21.9 Å². The van der Waals surface area contributed by atoms with Gasteiger partial charge in [0.05, 0.1) is 10.5 Å². The summed E-state index contributed by atoms with van der Waals surface area (Å²) in [7, 11) is -3.98. The van der Waals surface area contributed by atoms with E-state index in [9.17, 15) is 22.4 Å². The van der Waals surface area contributed by atoms with Crippen LogP contribution in [0.4, 0.5) is 4.39 Å².